The lowest BCUT2D eigenvalue weighted by molar-refractivity contribution is 0.517. The number of benzene rings is 1. The molecule has 1 aliphatic heterocycles. The standard InChI is InChI=1S/C13H17BrClN/c1-3-13-10(6-8(2)16-13)9-4-5-12(15)11(14)7-9/h4-5,7-8,10,13,16H,3,6H2,1-2H3. The predicted molar refractivity (Wildman–Crippen MR) is 73.2 cm³/mol. The SMILES string of the molecule is CCC1NC(C)CC1c1ccc(Cl)c(Br)c1. The number of rotatable bonds is 2. The van der Waals surface area contributed by atoms with E-state index in [1.807, 2.05) is 6.07 Å². The van der Waals surface area contributed by atoms with Crippen LogP contribution in [0.5, 0.6) is 0 Å². The zero-order chi connectivity index (χ0) is 11.7. The number of hydrogen-bond acceptors (Lipinski definition) is 1. The summed E-state index contributed by atoms with van der Waals surface area (Å²) < 4.78 is 1.00. The summed E-state index contributed by atoms with van der Waals surface area (Å²) in [7, 11) is 0. The lowest BCUT2D eigenvalue weighted by atomic mass is 9.90. The third-order valence-electron chi connectivity index (χ3n) is 3.40. The second-order valence-corrected chi connectivity index (χ2v) is 5.86. The summed E-state index contributed by atoms with van der Waals surface area (Å²) in [5.41, 5.74) is 1.39. The molecule has 1 aliphatic rings. The van der Waals surface area contributed by atoms with Crippen molar-refractivity contribution in [3.05, 3.63) is 33.3 Å². The Morgan fingerprint density at radius 3 is 2.88 bits per heavy atom. The largest absolute Gasteiger partial charge is 0.311 e. The number of halogens is 2. The van der Waals surface area contributed by atoms with E-state index in [0.717, 1.165) is 9.50 Å². The molecule has 0 radical (unpaired) electrons. The Balaban J connectivity index is 2.26. The highest BCUT2D eigenvalue weighted by atomic mass is 79.9. The van der Waals surface area contributed by atoms with E-state index in [2.05, 4.69) is 47.2 Å². The van der Waals surface area contributed by atoms with E-state index in [1.54, 1.807) is 0 Å². The van der Waals surface area contributed by atoms with Crippen LogP contribution in [-0.2, 0) is 0 Å². The molecule has 2 rings (SSSR count). The van der Waals surface area contributed by atoms with Gasteiger partial charge in [0.2, 0.25) is 0 Å². The molecule has 1 heterocycles. The lowest BCUT2D eigenvalue weighted by Gasteiger charge is -2.18. The smallest absolute Gasteiger partial charge is 0.0548 e. The number of nitrogens with one attached hydrogen (secondary N) is 1. The predicted octanol–water partition coefficient (Wildman–Crippen LogP) is 4.35. The first-order valence-electron chi connectivity index (χ1n) is 5.82. The summed E-state index contributed by atoms with van der Waals surface area (Å²) in [6.07, 6.45) is 2.39. The Hall–Kier alpha value is -0.0500. The Kier molecular flexibility index (Phi) is 3.93. The van der Waals surface area contributed by atoms with Gasteiger partial charge in [0, 0.05) is 22.5 Å². The van der Waals surface area contributed by atoms with Crippen LogP contribution in [0.3, 0.4) is 0 Å². The third-order valence-corrected chi connectivity index (χ3v) is 4.62. The maximum atomic E-state index is 6.02. The molecule has 1 N–H and O–H groups in total. The lowest BCUT2D eigenvalue weighted by Crippen LogP contribution is -2.28. The van der Waals surface area contributed by atoms with Crippen LogP contribution in [-0.4, -0.2) is 12.1 Å². The molecule has 3 heteroatoms. The molecular weight excluding hydrogens is 286 g/mol. The highest BCUT2D eigenvalue weighted by Gasteiger charge is 2.31. The maximum Gasteiger partial charge on any atom is 0.0548 e. The van der Waals surface area contributed by atoms with Crippen LogP contribution in [0, 0.1) is 0 Å². The molecule has 1 aromatic rings. The van der Waals surface area contributed by atoms with Crippen LogP contribution >= 0.6 is 27.5 Å². The molecule has 1 aromatic carbocycles. The molecule has 88 valence electrons. The summed E-state index contributed by atoms with van der Waals surface area (Å²) in [5.74, 6) is 0.619. The van der Waals surface area contributed by atoms with Gasteiger partial charge in [-0.3, -0.25) is 0 Å². The first-order chi connectivity index (χ1) is 7.61. The quantitative estimate of drug-likeness (QED) is 0.856. The summed E-state index contributed by atoms with van der Waals surface area (Å²) in [5, 5.41) is 4.43. The van der Waals surface area contributed by atoms with E-state index >= 15 is 0 Å². The number of hydrogen-bond donors (Lipinski definition) is 1. The van der Waals surface area contributed by atoms with Crippen molar-refractivity contribution in [2.45, 2.75) is 44.7 Å². The molecular formula is C13H17BrClN. The van der Waals surface area contributed by atoms with Gasteiger partial charge in [0.1, 0.15) is 0 Å². The zero-order valence-electron chi connectivity index (χ0n) is 9.63. The molecule has 0 aliphatic carbocycles. The molecule has 16 heavy (non-hydrogen) atoms. The van der Waals surface area contributed by atoms with Crippen molar-refractivity contribution in [1.29, 1.82) is 0 Å². The molecule has 1 nitrogen and oxygen atoms in total. The average Bonchev–Trinajstić information content (AvgIpc) is 2.63. The summed E-state index contributed by atoms with van der Waals surface area (Å²) in [4.78, 5) is 0. The molecule has 1 fully saturated rings. The fraction of sp³-hybridized carbons (Fsp3) is 0.538. The van der Waals surface area contributed by atoms with Crippen molar-refractivity contribution in [1.82, 2.24) is 5.32 Å². The van der Waals surface area contributed by atoms with Gasteiger partial charge in [-0.1, -0.05) is 24.6 Å². The molecule has 3 atom stereocenters. The van der Waals surface area contributed by atoms with Gasteiger partial charge in [0.15, 0.2) is 0 Å². The second kappa shape index (κ2) is 5.07. The van der Waals surface area contributed by atoms with Crippen molar-refractivity contribution >= 4 is 27.5 Å². The zero-order valence-corrected chi connectivity index (χ0v) is 12.0. The molecule has 0 bridgehead atoms. The Morgan fingerprint density at radius 2 is 2.25 bits per heavy atom. The molecule has 1 saturated heterocycles. The molecule has 3 unspecified atom stereocenters. The fourth-order valence-corrected chi connectivity index (χ4v) is 3.12. The van der Waals surface area contributed by atoms with Crippen molar-refractivity contribution in [3.63, 3.8) is 0 Å². The molecule has 0 amide bonds. The first-order valence-corrected chi connectivity index (χ1v) is 7.00. The van der Waals surface area contributed by atoms with Gasteiger partial charge in [-0.05, 0) is 53.4 Å². The van der Waals surface area contributed by atoms with E-state index in [0.29, 0.717) is 18.0 Å². The normalized spacial score (nSPS) is 29.6. The fourth-order valence-electron chi connectivity index (χ4n) is 2.61. The average molecular weight is 303 g/mol. The Labute approximate surface area is 111 Å². The topological polar surface area (TPSA) is 12.0 Å². The molecule has 0 aromatic heterocycles. The van der Waals surface area contributed by atoms with E-state index in [4.69, 9.17) is 11.6 Å². The van der Waals surface area contributed by atoms with Crippen molar-refractivity contribution in [2.24, 2.45) is 0 Å². The van der Waals surface area contributed by atoms with Crippen LogP contribution in [0.25, 0.3) is 0 Å². The highest BCUT2D eigenvalue weighted by molar-refractivity contribution is 9.10. The van der Waals surface area contributed by atoms with Crippen LogP contribution in [0.15, 0.2) is 22.7 Å². The van der Waals surface area contributed by atoms with Gasteiger partial charge < -0.3 is 5.32 Å². The van der Waals surface area contributed by atoms with Gasteiger partial charge in [0.05, 0.1) is 5.02 Å². The monoisotopic (exact) mass is 301 g/mol. The summed E-state index contributed by atoms with van der Waals surface area (Å²) >= 11 is 9.52. The van der Waals surface area contributed by atoms with Crippen LogP contribution in [0.4, 0.5) is 0 Å². The highest BCUT2D eigenvalue weighted by Crippen LogP contribution is 2.35. The van der Waals surface area contributed by atoms with Gasteiger partial charge in [-0.2, -0.15) is 0 Å². The maximum absolute atomic E-state index is 6.02. The van der Waals surface area contributed by atoms with E-state index in [9.17, 15) is 0 Å². The van der Waals surface area contributed by atoms with Crippen molar-refractivity contribution < 1.29 is 0 Å². The van der Waals surface area contributed by atoms with Gasteiger partial charge in [-0.25, -0.2) is 0 Å². The summed E-state index contributed by atoms with van der Waals surface area (Å²) in [6, 6.07) is 7.51. The molecule has 0 saturated carbocycles. The van der Waals surface area contributed by atoms with Gasteiger partial charge in [-0.15, -0.1) is 0 Å². The van der Waals surface area contributed by atoms with Crippen LogP contribution in [0.2, 0.25) is 5.02 Å². The van der Waals surface area contributed by atoms with Crippen LogP contribution in [0.1, 0.15) is 38.2 Å². The van der Waals surface area contributed by atoms with Gasteiger partial charge >= 0.3 is 0 Å². The van der Waals surface area contributed by atoms with E-state index in [1.165, 1.54) is 18.4 Å². The van der Waals surface area contributed by atoms with Crippen molar-refractivity contribution in [3.8, 4) is 0 Å². The van der Waals surface area contributed by atoms with Crippen molar-refractivity contribution in [2.75, 3.05) is 0 Å². The Morgan fingerprint density at radius 1 is 1.50 bits per heavy atom. The first kappa shape index (κ1) is 12.4. The molecule has 0 spiro atoms. The second-order valence-electron chi connectivity index (χ2n) is 4.60. The van der Waals surface area contributed by atoms with Crippen LogP contribution < -0.4 is 5.32 Å². The minimum absolute atomic E-state index is 0.600. The van der Waals surface area contributed by atoms with E-state index < -0.39 is 0 Å². The minimum Gasteiger partial charge on any atom is -0.311 e. The van der Waals surface area contributed by atoms with E-state index in [-0.39, 0.29) is 0 Å². The minimum atomic E-state index is 0.600. The van der Waals surface area contributed by atoms with Gasteiger partial charge in [0.25, 0.3) is 0 Å². The third kappa shape index (κ3) is 2.44. The Bertz CT molecular complexity index is 380. The summed E-state index contributed by atoms with van der Waals surface area (Å²) in [6.45, 7) is 4.50.